The number of carbonyl (C=O) groups excluding carboxylic acids is 1. The summed E-state index contributed by atoms with van der Waals surface area (Å²) in [4.78, 5) is 9.90. The van der Waals surface area contributed by atoms with Crippen molar-refractivity contribution in [1.82, 2.24) is 0 Å². The summed E-state index contributed by atoms with van der Waals surface area (Å²) in [6.07, 6.45) is -6.84. The van der Waals surface area contributed by atoms with Gasteiger partial charge in [-0.2, -0.15) is 0 Å². The molecule has 6 N–H and O–H groups in total. The number of phenols is 1. The quantitative estimate of drug-likeness (QED) is 0.342. The summed E-state index contributed by atoms with van der Waals surface area (Å²) in [6, 6.07) is 8.71. The van der Waals surface area contributed by atoms with E-state index >= 15 is 0 Å². The molecular formula is C12H18O7. The highest BCUT2D eigenvalue weighted by Gasteiger charge is 2.29. The van der Waals surface area contributed by atoms with E-state index < -0.39 is 31.0 Å². The number of phenolic OH excluding ortho intramolecular Hbond substituents is 1. The van der Waals surface area contributed by atoms with Crippen molar-refractivity contribution in [1.29, 1.82) is 0 Å². The van der Waals surface area contributed by atoms with Gasteiger partial charge in [-0.25, -0.2) is 0 Å². The molecule has 0 aliphatic rings. The zero-order chi connectivity index (χ0) is 14.8. The Bertz CT molecular complexity index is 343. The smallest absolute Gasteiger partial charge is 0.151 e. The predicted molar refractivity (Wildman–Crippen MR) is 65.3 cm³/mol. The highest BCUT2D eigenvalue weighted by molar-refractivity contribution is 5.56. The van der Waals surface area contributed by atoms with Gasteiger partial charge in [0.25, 0.3) is 0 Å². The maximum Gasteiger partial charge on any atom is 0.151 e. The molecule has 4 atom stereocenters. The molecule has 0 heterocycles. The molecule has 0 radical (unpaired) electrons. The molecule has 0 spiro atoms. The van der Waals surface area contributed by atoms with Crippen molar-refractivity contribution in [3.8, 4) is 5.75 Å². The van der Waals surface area contributed by atoms with E-state index in [9.17, 15) is 4.79 Å². The van der Waals surface area contributed by atoms with Crippen molar-refractivity contribution in [3.63, 3.8) is 0 Å². The molecule has 0 fully saturated rings. The van der Waals surface area contributed by atoms with Crippen LogP contribution in [0.1, 0.15) is 0 Å². The number of benzene rings is 1. The van der Waals surface area contributed by atoms with Crippen LogP contribution in [0.5, 0.6) is 5.75 Å². The lowest BCUT2D eigenvalue weighted by Gasteiger charge is -2.22. The van der Waals surface area contributed by atoms with Crippen LogP contribution in [-0.2, 0) is 4.79 Å². The standard InChI is InChI=1S/C6H12O6.C6H6O/c7-1-3(9)5(11)6(12)4(10)2-8;7-6-4-2-1-3-5-6/h1,3-6,8-12H,2H2;1-5,7H/t3-,4+,5+,6+;/m0./s1. The Labute approximate surface area is 110 Å². The van der Waals surface area contributed by atoms with Crippen LogP contribution in [0.4, 0.5) is 0 Å². The first-order chi connectivity index (χ1) is 8.93. The van der Waals surface area contributed by atoms with Gasteiger partial charge < -0.3 is 35.4 Å². The monoisotopic (exact) mass is 274 g/mol. The summed E-state index contributed by atoms with van der Waals surface area (Å²) in [7, 11) is 0. The van der Waals surface area contributed by atoms with Crippen molar-refractivity contribution in [2.75, 3.05) is 6.61 Å². The molecule has 7 heteroatoms. The average molecular weight is 274 g/mol. The minimum Gasteiger partial charge on any atom is -0.508 e. The number of aromatic hydroxyl groups is 1. The second kappa shape index (κ2) is 9.42. The second-order valence-electron chi connectivity index (χ2n) is 3.69. The lowest BCUT2D eigenvalue weighted by molar-refractivity contribution is -0.136. The van der Waals surface area contributed by atoms with Gasteiger partial charge in [-0.3, -0.25) is 0 Å². The molecule has 19 heavy (non-hydrogen) atoms. The van der Waals surface area contributed by atoms with E-state index in [2.05, 4.69) is 0 Å². The van der Waals surface area contributed by atoms with Crippen LogP contribution in [0.25, 0.3) is 0 Å². The van der Waals surface area contributed by atoms with Crippen molar-refractivity contribution >= 4 is 6.29 Å². The Morgan fingerprint density at radius 1 is 1.00 bits per heavy atom. The van der Waals surface area contributed by atoms with Gasteiger partial charge >= 0.3 is 0 Å². The molecule has 0 saturated carbocycles. The molecule has 0 aromatic heterocycles. The van der Waals surface area contributed by atoms with Crippen LogP contribution in [-0.4, -0.2) is 67.9 Å². The van der Waals surface area contributed by atoms with Gasteiger partial charge in [-0.05, 0) is 12.1 Å². The molecule has 7 nitrogen and oxygen atoms in total. The second-order valence-corrected chi connectivity index (χ2v) is 3.69. The fourth-order valence-corrected chi connectivity index (χ4v) is 1.05. The normalized spacial score (nSPS) is 16.5. The summed E-state index contributed by atoms with van der Waals surface area (Å²) in [5.41, 5.74) is 0. The largest absolute Gasteiger partial charge is 0.508 e. The number of rotatable bonds is 5. The fraction of sp³-hybridized carbons (Fsp3) is 0.417. The van der Waals surface area contributed by atoms with E-state index in [4.69, 9.17) is 30.6 Å². The fourth-order valence-electron chi connectivity index (χ4n) is 1.05. The number of aliphatic hydroxyl groups is 5. The van der Waals surface area contributed by atoms with Crippen LogP contribution in [0.3, 0.4) is 0 Å². The maximum atomic E-state index is 9.90. The molecule has 0 bridgehead atoms. The molecule has 0 saturated heterocycles. The third-order valence-corrected chi connectivity index (χ3v) is 2.18. The van der Waals surface area contributed by atoms with E-state index in [0.717, 1.165) is 0 Å². The Morgan fingerprint density at radius 2 is 1.53 bits per heavy atom. The lowest BCUT2D eigenvalue weighted by atomic mass is 10.0. The summed E-state index contributed by atoms with van der Waals surface area (Å²) in [5.74, 6) is 0.322. The van der Waals surface area contributed by atoms with E-state index in [1.165, 1.54) is 0 Å². The first kappa shape index (κ1) is 17.5. The van der Waals surface area contributed by atoms with Crippen LogP contribution >= 0.6 is 0 Å². The van der Waals surface area contributed by atoms with Gasteiger partial charge in [0, 0.05) is 0 Å². The highest BCUT2D eigenvalue weighted by Crippen LogP contribution is 2.03. The topological polar surface area (TPSA) is 138 Å². The van der Waals surface area contributed by atoms with Gasteiger partial charge in [0.1, 0.15) is 30.2 Å². The molecule has 1 aromatic carbocycles. The molecule has 1 aromatic rings. The van der Waals surface area contributed by atoms with Gasteiger partial charge in [-0.1, -0.05) is 18.2 Å². The summed E-state index contributed by atoms with van der Waals surface area (Å²) in [5, 5.41) is 52.2. The maximum absolute atomic E-state index is 9.90. The predicted octanol–water partition coefficient (Wildman–Crippen LogP) is -1.99. The Morgan fingerprint density at radius 3 is 1.84 bits per heavy atom. The van der Waals surface area contributed by atoms with Crippen molar-refractivity contribution in [3.05, 3.63) is 30.3 Å². The number of aldehydes is 1. The van der Waals surface area contributed by atoms with E-state index in [0.29, 0.717) is 5.75 Å². The average Bonchev–Trinajstić information content (AvgIpc) is 2.45. The Hall–Kier alpha value is -1.51. The lowest BCUT2D eigenvalue weighted by Crippen LogP contribution is -2.46. The van der Waals surface area contributed by atoms with Crippen LogP contribution in [0.15, 0.2) is 30.3 Å². The summed E-state index contributed by atoms with van der Waals surface area (Å²) >= 11 is 0. The Kier molecular flexibility index (Phi) is 8.68. The molecule has 1 rings (SSSR count). The SMILES string of the molecule is O=C[C@H](O)[C@@H](O)[C@H](O)[C@H](O)CO.Oc1ccccc1. The van der Waals surface area contributed by atoms with Crippen LogP contribution < -0.4 is 0 Å². The van der Waals surface area contributed by atoms with Crippen molar-refractivity contribution in [2.45, 2.75) is 24.4 Å². The number of para-hydroxylation sites is 1. The van der Waals surface area contributed by atoms with E-state index in [1.54, 1.807) is 24.3 Å². The van der Waals surface area contributed by atoms with Gasteiger partial charge in [-0.15, -0.1) is 0 Å². The van der Waals surface area contributed by atoms with Crippen molar-refractivity contribution < 1.29 is 35.4 Å². The summed E-state index contributed by atoms with van der Waals surface area (Å²) < 4.78 is 0. The third-order valence-electron chi connectivity index (χ3n) is 2.18. The number of hydrogen-bond acceptors (Lipinski definition) is 7. The number of hydrogen-bond donors (Lipinski definition) is 6. The van der Waals surface area contributed by atoms with E-state index in [1.807, 2.05) is 6.07 Å². The van der Waals surface area contributed by atoms with Gasteiger partial charge in [0.05, 0.1) is 6.61 Å². The molecule has 0 amide bonds. The third kappa shape index (κ3) is 6.85. The zero-order valence-electron chi connectivity index (χ0n) is 10.1. The van der Waals surface area contributed by atoms with Crippen LogP contribution in [0, 0.1) is 0 Å². The molecule has 0 unspecified atom stereocenters. The van der Waals surface area contributed by atoms with Gasteiger partial charge in [0.15, 0.2) is 6.29 Å². The highest BCUT2D eigenvalue weighted by atomic mass is 16.4. The van der Waals surface area contributed by atoms with E-state index in [-0.39, 0.29) is 6.29 Å². The Balaban J connectivity index is 0.000000388. The summed E-state index contributed by atoms with van der Waals surface area (Å²) in [6.45, 7) is -0.760. The minimum atomic E-state index is -1.79. The first-order valence-corrected chi connectivity index (χ1v) is 5.46. The number of carbonyl (C=O) groups is 1. The molecule has 0 aliphatic carbocycles. The molecular weight excluding hydrogens is 256 g/mol. The zero-order valence-corrected chi connectivity index (χ0v) is 10.1. The van der Waals surface area contributed by atoms with Gasteiger partial charge in [0.2, 0.25) is 0 Å². The molecule has 0 aliphatic heterocycles. The molecule has 108 valence electrons. The van der Waals surface area contributed by atoms with Crippen molar-refractivity contribution in [2.24, 2.45) is 0 Å². The van der Waals surface area contributed by atoms with Crippen LogP contribution in [0.2, 0.25) is 0 Å². The first-order valence-electron chi connectivity index (χ1n) is 5.46. The minimum absolute atomic E-state index is 0.0258. The number of aliphatic hydroxyl groups excluding tert-OH is 5.